The highest BCUT2D eigenvalue weighted by Gasteiger charge is 2.35. The number of rotatable bonds is 5. The first-order valence-electron chi connectivity index (χ1n) is 10.9. The molecule has 1 unspecified atom stereocenters. The topological polar surface area (TPSA) is 65.5 Å². The van der Waals surface area contributed by atoms with Gasteiger partial charge in [-0.15, -0.1) is 0 Å². The standard InChI is InChI=1S/C24H30N4O2/c1-18-9-10-21(25-17-18)26-23(29)20-11-15-28(16-12-20)24(30)22(27-13-5-6-14-27)19-7-3-2-4-8-19/h2-4,7-10,17,20,22H,5-6,11-16H2,1H3,(H,25,26,29). The summed E-state index contributed by atoms with van der Waals surface area (Å²) >= 11 is 0. The lowest BCUT2D eigenvalue weighted by Gasteiger charge is -2.36. The molecular formula is C24H30N4O2. The SMILES string of the molecule is Cc1ccc(NC(=O)C2CCN(C(=O)C(c3ccccc3)N3CCCC3)CC2)nc1. The van der Waals surface area contributed by atoms with Crippen molar-refractivity contribution in [2.24, 2.45) is 5.92 Å². The number of piperidine rings is 1. The predicted octanol–water partition coefficient (Wildman–Crippen LogP) is 3.40. The van der Waals surface area contributed by atoms with Crippen molar-refractivity contribution in [1.29, 1.82) is 0 Å². The van der Waals surface area contributed by atoms with Gasteiger partial charge < -0.3 is 10.2 Å². The Morgan fingerprint density at radius 3 is 2.33 bits per heavy atom. The highest BCUT2D eigenvalue weighted by molar-refractivity contribution is 5.92. The lowest BCUT2D eigenvalue weighted by molar-refractivity contribution is -0.139. The van der Waals surface area contributed by atoms with E-state index in [1.54, 1.807) is 6.20 Å². The summed E-state index contributed by atoms with van der Waals surface area (Å²) in [4.78, 5) is 34.6. The molecule has 2 saturated heterocycles. The average Bonchev–Trinajstić information content (AvgIpc) is 3.30. The van der Waals surface area contributed by atoms with Crippen LogP contribution in [0.25, 0.3) is 0 Å². The van der Waals surface area contributed by atoms with E-state index in [1.807, 2.05) is 42.2 Å². The molecule has 2 aliphatic rings. The second-order valence-electron chi connectivity index (χ2n) is 8.37. The van der Waals surface area contributed by atoms with Gasteiger partial charge in [0, 0.05) is 25.2 Å². The molecule has 0 spiro atoms. The minimum absolute atomic E-state index is 0.00222. The average molecular weight is 407 g/mol. The summed E-state index contributed by atoms with van der Waals surface area (Å²) in [6, 6.07) is 13.6. The number of hydrogen-bond donors (Lipinski definition) is 1. The van der Waals surface area contributed by atoms with Gasteiger partial charge in [0.2, 0.25) is 11.8 Å². The van der Waals surface area contributed by atoms with Crippen molar-refractivity contribution in [3.05, 3.63) is 59.8 Å². The normalized spacial score (nSPS) is 18.9. The van der Waals surface area contributed by atoms with E-state index in [0.717, 1.165) is 37.1 Å². The van der Waals surface area contributed by atoms with Gasteiger partial charge in [0.15, 0.2) is 0 Å². The van der Waals surface area contributed by atoms with E-state index in [1.165, 1.54) is 0 Å². The highest BCUT2D eigenvalue weighted by atomic mass is 16.2. The van der Waals surface area contributed by atoms with Crippen molar-refractivity contribution < 1.29 is 9.59 Å². The van der Waals surface area contributed by atoms with Gasteiger partial charge in [-0.2, -0.15) is 0 Å². The third-order valence-corrected chi connectivity index (χ3v) is 6.20. The van der Waals surface area contributed by atoms with Crippen LogP contribution in [0.2, 0.25) is 0 Å². The Balaban J connectivity index is 1.37. The van der Waals surface area contributed by atoms with Crippen LogP contribution in [0, 0.1) is 12.8 Å². The Morgan fingerprint density at radius 2 is 1.70 bits per heavy atom. The zero-order valence-corrected chi connectivity index (χ0v) is 17.6. The largest absolute Gasteiger partial charge is 0.341 e. The molecule has 0 saturated carbocycles. The number of aromatic nitrogens is 1. The lowest BCUT2D eigenvalue weighted by atomic mass is 9.94. The molecule has 0 aliphatic carbocycles. The first-order valence-corrected chi connectivity index (χ1v) is 10.9. The number of hydrogen-bond acceptors (Lipinski definition) is 4. The van der Waals surface area contributed by atoms with Crippen molar-refractivity contribution in [2.75, 3.05) is 31.5 Å². The number of nitrogens with zero attached hydrogens (tertiary/aromatic N) is 3. The molecule has 2 aromatic rings. The molecule has 158 valence electrons. The molecule has 0 radical (unpaired) electrons. The lowest BCUT2D eigenvalue weighted by Crippen LogP contribution is -2.46. The van der Waals surface area contributed by atoms with Crippen molar-refractivity contribution in [2.45, 2.75) is 38.6 Å². The van der Waals surface area contributed by atoms with Crippen LogP contribution in [0.3, 0.4) is 0 Å². The van der Waals surface area contributed by atoms with Crippen LogP contribution in [0.1, 0.15) is 42.9 Å². The minimum atomic E-state index is -0.212. The Morgan fingerprint density at radius 1 is 1.00 bits per heavy atom. The third kappa shape index (κ3) is 4.70. The van der Waals surface area contributed by atoms with Gasteiger partial charge in [-0.05, 0) is 62.9 Å². The predicted molar refractivity (Wildman–Crippen MR) is 117 cm³/mol. The molecule has 30 heavy (non-hydrogen) atoms. The molecule has 3 heterocycles. The fourth-order valence-corrected chi connectivity index (χ4v) is 4.45. The Labute approximate surface area is 178 Å². The number of aryl methyl sites for hydroxylation is 1. The molecule has 2 amide bonds. The van der Waals surface area contributed by atoms with E-state index in [-0.39, 0.29) is 23.8 Å². The first kappa shape index (κ1) is 20.5. The van der Waals surface area contributed by atoms with E-state index >= 15 is 0 Å². The molecule has 6 heteroatoms. The number of amides is 2. The number of carbonyl (C=O) groups is 2. The van der Waals surface area contributed by atoms with Crippen LogP contribution in [-0.4, -0.2) is 52.8 Å². The van der Waals surface area contributed by atoms with Crippen LogP contribution in [0.5, 0.6) is 0 Å². The molecule has 2 fully saturated rings. The number of likely N-dealkylation sites (tertiary alicyclic amines) is 2. The number of pyridine rings is 1. The van der Waals surface area contributed by atoms with Crippen LogP contribution in [-0.2, 0) is 9.59 Å². The molecule has 2 aliphatic heterocycles. The van der Waals surface area contributed by atoms with E-state index in [9.17, 15) is 9.59 Å². The second kappa shape index (κ2) is 9.39. The van der Waals surface area contributed by atoms with Crippen molar-refractivity contribution >= 4 is 17.6 Å². The molecule has 1 N–H and O–H groups in total. The van der Waals surface area contributed by atoms with Gasteiger partial charge in [-0.25, -0.2) is 4.98 Å². The Bertz CT molecular complexity index is 855. The maximum Gasteiger partial charge on any atom is 0.244 e. The first-order chi connectivity index (χ1) is 14.6. The minimum Gasteiger partial charge on any atom is -0.341 e. The summed E-state index contributed by atoms with van der Waals surface area (Å²) in [5.74, 6) is 0.668. The van der Waals surface area contributed by atoms with Crippen molar-refractivity contribution in [1.82, 2.24) is 14.8 Å². The van der Waals surface area contributed by atoms with Crippen LogP contribution in [0.15, 0.2) is 48.7 Å². The third-order valence-electron chi connectivity index (χ3n) is 6.20. The quantitative estimate of drug-likeness (QED) is 0.827. The van der Waals surface area contributed by atoms with Crippen LogP contribution >= 0.6 is 0 Å². The van der Waals surface area contributed by atoms with E-state index in [4.69, 9.17) is 0 Å². The van der Waals surface area contributed by atoms with Gasteiger partial charge in [-0.3, -0.25) is 14.5 Å². The van der Waals surface area contributed by atoms with E-state index in [2.05, 4.69) is 27.3 Å². The van der Waals surface area contributed by atoms with Crippen LogP contribution in [0.4, 0.5) is 5.82 Å². The van der Waals surface area contributed by atoms with Crippen molar-refractivity contribution in [3.63, 3.8) is 0 Å². The number of carbonyl (C=O) groups excluding carboxylic acids is 2. The zero-order valence-electron chi connectivity index (χ0n) is 17.6. The summed E-state index contributed by atoms with van der Waals surface area (Å²) in [6.07, 6.45) is 5.41. The number of anilines is 1. The summed E-state index contributed by atoms with van der Waals surface area (Å²) in [6.45, 7) is 5.14. The highest BCUT2D eigenvalue weighted by Crippen LogP contribution is 2.29. The van der Waals surface area contributed by atoms with Crippen LogP contribution < -0.4 is 5.32 Å². The van der Waals surface area contributed by atoms with Gasteiger partial charge in [0.1, 0.15) is 11.9 Å². The molecule has 6 nitrogen and oxygen atoms in total. The van der Waals surface area contributed by atoms with Crippen molar-refractivity contribution in [3.8, 4) is 0 Å². The smallest absolute Gasteiger partial charge is 0.244 e. The number of benzene rings is 1. The van der Waals surface area contributed by atoms with E-state index < -0.39 is 0 Å². The molecule has 1 aromatic carbocycles. The van der Waals surface area contributed by atoms with E-state index in [0.29, 0.717) is 31.7 Å². The summed E-state index contributed by atoms with van der Waals surface area (Å²) in [5, 5.41) is 2.91. The molecule has 0 bridgehead atoms. The monoisotopic (exact) mass is 406 g/mol. The molecule has 1 atom stereocenters. The number of nitrogens with one attached hydrogen (secondary N) is 1. The fourth-order valence-electron chi connectivity index (χ4n) is 4.45. The van der Waals surface area contributed by atoms with Gasteiger partial charge >= 0.3 is 0 Å². The Kier molecular flexibility index (Phi) is 6.43. The van der Waals surface area contributed by atoms with Gasteiger partial charge in [0.05, 0.1) is 0 Å². The van der Waals surface area contributed by atoms with Gasteiger partial charge in [0.25, 0.3) is 0 Å². The maximum absolute atomic E-state index is 13.5. The maximum atomic E-state index is 13.5. The van der Waals surface area contributed by atoms with Gasteiger partial charge in [-0.1, -0.05) is 36.4 Å². The molecule has 1 aromatic heterocycles. The molecule has 4 rings (SSSR count). The molecular weight excluding hydrogens is 376 g/mol. The summed E-state index contributed by atoms with van der Waals surface area (Å²) in [7, 11) is 0. The fraction of sp³-hybridized carbons (Fsp3) is 0.458. The Hall–Kier alpha value is -2.73. The summed E-state index contributed by atoms with van der Waals surface area (Å²) in [5.41, 5.74) is 2.13. The zero-order chi connectivity index (χ0) is 20.9. The summed E-state index contributed by atoms with van der Waals surface area (Å²) < 4.78 is 0. The second-order valence-corrected chi connectivity index (χ2v) is 8.37.